The second-order valence-corrected chi connectivity index (χ2v) is 5.50. The maximum atomic E-state index is 3.75. The van der Waals surface area contributed by atoms with Crippen molar-refractivity contribution in [1.29, 1.82) is 0 Å². The molecule has 0 aromatic heterocycles. The first-order chi connectivity index (χ1) is 8.30. The van der Waals surface area contributed by atoms with Crippen LogP contribution in [0.3, 0.4) is 0 Å². The Morgan fingerprint density at radius 1 is 1.18 bits per heavy atom. The van der Waals surface area contributed by atoms with E-state index < -0.39 is 0 Å². The summed E-state index contributed by atoms with van der Waals surface area (Å²) in [5, 5.41) is 3.75. The minimum atomic E-state index is 0.765. The molecule has 1 fully saturated rings. The topological polar surface area (TPSA) is 15.3 Å². The smallest absolute Gasteiger partial charge is 0.00818 e. The zero-order valence-corrected chi connectivity index (χ0v) is 12.2. The van der Waals surface area contributed by atoms with E-state index in [2.05, 4.69) is 31.0 Å². The third-order valence-electron chi connectivity index (χ3n) is 4.21. The molecule has 1 aliphatic carbocycles. The van der Waals surface area contributed by atoms with Crippen LogP contribution < -0.4 is 5.32 Å². The predicted molar refractivity (Wildman–Crippen MR) is 76.4 cm³/mol. The Hall–Kier alpha value is -0.0800. The van der Waals surface area contributed by atoms with Crippen LogP contribution in [0.1, 0.15) is 59.3 Å². The molecule has 0 aromatic carbocycles. The molecular formula is C15H32N2. The summed E-state index contributed by atoms with van der Waals surface area (Å²) in [7, 11) is 0. The standard InChI is InChI=1S/C15H32N2/c1-4-11-16-15(13-14-8-7-9-14)10-12-17(5-2)6-3/h14-16H,4-13H2,1-3H3. The maximum absolute atomic E-state index is 3.75. The minimum Gasteiger partial charge on any atom is -0.314 e. The molecule has 2 heteroatoms. The van der Waals surface area contributed by atoms with Crippen molar-refractivity contribution in [3.63, 3.8) is 0 Å². The highest BCUT2D eigenvalue weighted by Gasteiger charge is 2.21. The zero-order chi connectivity index (χ0) is 12.5. The molecule has 1 aliphatic rings. The molecule has 0 bridgehead atoms. The number of rotatable bonds is 10. The van der Waals surface area contributed by atoms with Crippen molar-refractivity contribution < 1.29 is 0 Å². The van der Waals surface area contributed by atoms with E-state index in [1.165, 1.54) is 64.7 Å². The van der Waals surface area contributed by atoms with Gasteiger partial charge in [0.1, 0.15) is 0 Å². The summed E-state index contributed by atoms with van der Waals surface area (Å²) in [5.41, 5.74) is 0. The van der Waals surface area contributed by atoms with E-state index in [0.29, 0.717) is 0 Å². The Balaban J connectivity index is 2.22. The van der Waals surface area contributed by atoms with Gasteiger partial charge in [0.05, 0.1) is 0 Å². The van der Waals surface area contributed by atoms with Gasteiger partial charge in [-0.15, -0.1) is 0 Å². The van der Waals surface area contributed by atoms with Gasteiger partial charge in [-0.05, 0) is 51.4 Å². The molecule has 17 heavy (non-hydrogen) atoms. The quantitative estimate of drug-likeness (QED) is 0.630. The van der Waals surface area contributed by atoms with E-state index in [1.54, 1.807) is 0 Å². The van der Waals surface area contributed by atoms with Gasteiger partial charge in [0.25, 0.3) is 0 Å². The molecule has 0 spiro atoms. The van der Waals surface area contributed by atoms with Crippen molar-refractivity contribution in [2.75, 3.05) is 26.2 Å². The lowest BCUT2D eigenvalue weighted by Crippen LogP contribution is -2.37. The van der Waals surface area contributed by atoms with Crippen LogP contribution in [0.4, 0.5) is 0 Å². The highest BCUT2D eigenvalue weighted by molar-refractivity contribution is 4.78. The first-order valence-corrected chi connectivity index (χ1v) is 7.75. The lowest BCUT2D eigenvalue weighted by molar-refractivity contribution is 0.229. The Morgan fingerprint density at radius 3 is 2.35 bits per heavy atom. The number of hydrogen-bond acceptors (Lipinski definition) is 2. The monoisotopic (exact) mass is 240 g/mol. The average molecular weight is 240 g/mol. The van der Waals surface area contributed by atoms with Crippen LogP contribution >= 0.6 is 0 Å². The molecule has 1 rings (SSSR count). The summed E-state index contributed by atoms with van der Waals surface area (Å²) in [6.07, 6.45) is 8.44. The van der Waals surface area contributed by atoms with E-state index >= 15 is 0 Å². The maximum Gasteiger partial charge on any atom is 0.00818 e. The van der Waals surface area contributed by atoms with Crippen LogP contribution in [0.25, 0.3) is 0 Å². The van der Waals surface area contributed by atoms with Crippen LogP contribution in [0.5, 0.6) is 0 Å². The Kier molecular flexibility index (Phi) is 7.87. The summed E-state index contributed by atoms with van der Waals surface area (Å²) in [6.45, 7) is 11.6. The molecule has 1 atom stereocenters. The third kappa shape index (κ3) is 5.87. The van der Waals surface area contributed by atoms with Gasteiger partial charge in [-0.1, -0.05) is 40.0 Å². The zero-order valence-electron chi connectivity index (χ0n) is 12.2. The molecule has 0 saturated heterocycles. The van der Waals surface area contributed by atoms with Gasteiger partial charge in [-0.25, -0.2) is 0 Å². The Labute approximate surface area is 108 Å². The molecule has 0 amide bonds. The van der Waals surface area contributed by atoms with Crippen molar-refractivity contribution in [2.24, 2.45) is 5.92 Å². The van der Waals surface area contributed by atoms with Gasteiger partial charge in [0, 0.05) is 6.04 Å². The fourth-order valence-electron chi connectivity index (χ4n) is 2.66. The summed E-state index contributed by atoms with van der Waals surface area (Å²) >= 11 is 0. The largest absolute Gasteiger partial charge is 0.314 e. The molecule has 0 aliphatic heterocycles. The third-order valence-corrected chi connectivity index (χ3v) is 4.21. The van der Waals surface area contributed by atoms with Crippen molar-refractivity contribution in [1.82, 2.24) is 10.2 Å². The number of nitrogens with one attached hydrogen (secondary N) is 1. The number of nitrogens with zero attached hydrogens (tertiary/aromatic N) is 1. The van der Waals surface area contributed by atoms with E-state index in [1.807, 2.05) is 0 Å². The predicted octanol–water partition coefficient (Wildman–Crippen LogP) is 3.28. The van der Waals surface area contributed by atoms with E-state index in [-0.39, 0.29) is 0 Å². The van der Waals surface area contributed by atoms with Crippen LogP contribution in [-0.2, 0) is 0 Å². The molecule has 0 aromatic rings. The van der Waals surface area contributed by atoms with Gasteiger partial charge in [-0.3, -0.25) is 0 Å². The second-order valence-electron chi connectivity index (χ2n) is 5.50. The fourth-order valence-corrected chi connectivity index (χ4v) is 2.66. The van der Waals surface area contributed by atoms with Crippen molar-refractivity contribution in [2.45, 2.75) is 65.3 Å². The lowest BCUT2D eigenvalue weighted by atomic mass is 9.80. The molecule has 1 saturated carbocycles. The Bertz CT molecular complexity index is 174. The van der Waals surface area contributed by atoms with Crippen molar-refractivity contribution >= 4 is 0 Å². The van der Waals surface area contributed by atoms with Gasteiger partial charge >= 0.3 is 0 Å². The number of hydrogen-bond donors (Lipinski definition) is 1. The van der Waals surface area contributed by atoms with Crippen LogP contribution in [0.2, 0.25) is 0 Å². The molecule has 0 radical (unpaired) electrons. The van der Waals surface area contributed by atoms with Crippen LogP contribution in [0, 0.1) is 5.92 Å². The van der Waals surface area contributed by atoms with Crippen LogP contribution in [0.15, 0.2) is 0 Å². The van der Waals surface area contributed by atoms with Crippen molar-refractivity contribution in [3.05, 3.63) is 0 Å². The second kappa shape index (κ2) is 8.93. The molecule has 1 unspecified atom stereocenters. The van der Waals surface area contributed by atoms with Crippen LogP contribution in [-0.4, -0.2) is 37.1 Å². The Morgan fingerprint density at radius 2 is 1.88 bits per heavy atom. The minimum absolute atomic E-state index is 0.765. The first-order valence-electron chi connectivity index (χ1n) is 7.75. The van der Waals surface area contributed by atoms with E-state index in [0.717, 1.165) is 12.0 Å². The summed E-state index contributed by atoms with van der Waals surface area (Å²) in [4.78, 5) is 2.54. The fraction of sp³-hybridized carbons (Fsp3) is 1.00. The van der Waals surface area contributed by atoms with Gasteiger partial charge in [-0.2, -0.15) is 0 Å². The SMILES string of the molecule is CCCNC(CCN(CC)CC)CC1CCC1. The average Bonchev–Trinajstić information content (AvgIpc) is 2.30. The van der Waals surface area contributed by atoms with Gasteiger partial charge in [0.15, 0.2) is 0 Å². The molecule has 0 heterocycles. The summed E-state index contributed by atoms with van der Waals surface area (Å²) in [5.74, 6) is 1.03. The molecule has 102 valence electrons. The van der Waals surface area contributed by atoms with Gasteiger partial charge in [0.2, 0.25) is 0 Å². The van der Waals surface area contributed by atoms with Gasteiger partial charge < -0.3 is 10.2 Å². The highest BCUT2D eigenvalue weighted by atomic mass is 15.1. The van der Waals surface area contributed by atoms with E-state index in [4.69, 9.17) is 0 Å². The first kappa shape index (κ1) is 15.0. The van der Waals surface area contributed by atoms with Crippen molar-refractivity contribution in [3.8, 4) is 0 Å². The molecule has 1 N–H and O–H groups in total. The molecule has 2 nitrogen and oxygen atoms in total. The van der Waals surface area contributed by atoms with E-state index in [9.17, 15) is 0 Å². The normalized spacial score (nSPS) is 18.4. The summed E-state index contributed by atoms with van der Waals surface area (Å²) < 4.78 is 0. The highest BCUT2D eigenvalue weighted by Crippen LogP contribution is 2.31. The lowest BCUT2D eigenvalue weighted by Gasteiger charge is -2.31. The molecular weight excluding hydrogens is 208 g/mol. The summed E-state index contributed by atoms with van der Waals surface area (Å²) in [6, 6.07) is 0.765.